The van der Waals surface area contributed by atoms with Crippen LogP contribution in [0, 0.1) is 0 Å². The molecule has 0 saturated carbocycles. The molecule has 100 valence electrons. The van der Waals surface area contributed by atoms with Crippen LogP contribution in [0.25, 0.3) is 0 Å². The van der Waals surface area contributed by atoms with E-state index in [4.69, 9.17) is 10.5 Å². The van der Waals surface area contributed by atoms with Crippen LogP contribution in [0.4, 0.5) is 10.2 Å². The minimum absolute atomic E-state index is 0.0114. The summed E-state index contributed by atoms with van der Waals surface area (Å²) in [6.07, 6.45) is -5.55. The zero-order valence-electron chi connectivity index (χ0n) is 9.60. The Kier molecular flexibility index (Phi) is 3.33. The molecule has 1 saturated heterocycles. The minimum atomic E-state index is -1.83. The first kappa shape index (κ1) is 12.9. The number of nitrogens with zero attached hydrogens (tertiary/aromatic N) is 2. The van der Waals surface area contributed by atoms with E-state index in [0.717, 1.165) is 4.57 Å². The number of ether oxygens (including phenoxy) is 1. The molecule has 0 radical (unpaired) electrons. The number of hydrogen-bond acceptors (Lipinski definition) is 6. The van der Waals surface area contributed by atoms with Gasteiger partial charge in [0.05, 0.1) is 6.10 Å². The largest absolute Gasteiger partial charge is 0.391 e. The molecule has 1 aliphatic heterocycles. The van der Waals surface area contributed by atoms with E-state index >= 15 is 0 Å². The van der Waals surface area contributed by atoms with Gasteiger partial charge in [0.1, 0.15) is 18.0 Å². The zero-order chi connectivity index (χ0) is 13.4. The van der Waals surface area contributed by atoms with Gasteiger partial charge in [0.25, 0.3) is 0 Å². The Morgan fingerprint density at radius 2 is 2.33 bits per heavy atom. The molecule has 1 fully saturated rings. The third kappa shape index (κ3) is 2.09. The lowest BCUT2D eigenvalue weighted by Crippen LogP contribution is -2.36. The van der Waals surface area contributed by atoms with Crippen LogP contribution in [-0.4, -0.2) is 44.2 Å². The molecular weight excluding hydrogens is 245 g/mol. The van der Waals surface area contributed by atoms with Gasteiger partial charge in [0.15, 0.2) is 12.4 Å². The van der Waals surface area contributed by atoms with Crippen LogP contribution in [0.5, 0.6) is 0 Å². The van der Waals surface area contributed by atoms with Gasteiger partial charge in [-0.3, -0.25) is 4.57 Å². The van der Waals surface area contributed by atoms with Crippen LogP contribution in [0.3, 0.4) is 0 Å². The standard InChI is InChI=1S/C10H14FN3O4/c1-4(15)8-7(16)6(11)9(18-8)14-3-2-5(12)13-10(14)17/h2-4,6-9,15-16H,1H3,(H2,12,13,17)/t4?,6-,7+,8-,9?/m1/s1. The summed E-state index contributed by atoms with van der Waals surface area (Å²) in [6.45, 7) is 1.37. The maximum Gasteiger partial charge on any atom is 0.351 e. The van der Waals surface area contributed by atoms with Gasteiger partial charge in [-0.2, -0.15) is 4.98 Å². The maximum absolute atomic E-state index is 13.9. The Bertz CT molecular complexity index is 492. The van der Waals surface area contributed by atoms with E-state index in [1.807, 2.05) is 0 Å². The topological polar surface area (TPSA) is 111 Å². The average molecular weight is 259 g/mol. The molecule has 0 bridgehead atoms. The summed E-state index contributed by atoms with van der Waals surface area (Å²) in [5.74, 6) is 0.0114. The lowest BCUT2D eigenvalue weighted by molar-refractivity contribution is -0.0783. The molecule has 0 aromatic carbocycles. The van der Waals surface area contributed by atoms with Crippen molar-refractivity contribution in [2.24, 2.45) is 0 Å². The van der Waals surface area contributed by atoms with E-state index in [1.54, 1.807) is 0 Å². The summed E-state index contributed by atoms with van der Waals surface area (Å²) in [7, 11) is 0. The van der Waals surface area contributed by atoms with Gasteiger partial charge in [-0.1, -0.05) is 0 Å². The number of hydrogen-bond donors (Lipinski definition) is 3. The van der Waals surface area contributed by atoms with Gasteiger partial charge in [0.2, 0.25) is 0 Å². The normalized spacial score (nSPS) is 33.6. The molecular formula is C10H14FN3O4. The van der Waals surface area contributed by atoms with Crippen molar-refractivity contribution in [3.05, 3.63) is 22.7 Å². The number of halogens is 1. The predicted octanol–water partition coefficient (Wildman–Crippen LogP) is -1.20. The van der Waals surface area contributed by atoms with E-state index in [-0.39, 0.29) is 5.82 Å². The SMILES string of the molecule is CC(O)[C@H]1OC(n2ccc(N)nc2=O)[C@H](F)[C@@H]1O. The molecule has 0 spiro atoms. The number of nitrogen functional groups attached to an aromatic ring is 1. The molecule has 2 unspecified atom stereocenters. The summed E-state index contributed by atoms with van der Waals surface area (Å²) < 4.78 is 19.9. The van der Waals surface area contributed by atoms with Crippen molar-refractivity contribution in [2.45, 2.75) is 37.6 Å². The van der Waals surface area contributed by atoms with E-state index in [1.165, 1.54) is 19.2 Å². The second kappa shape index (κ2) is 4.63. The number of aliphatic hydroxyl groups is 2. The van der Waals surface area contributed by atoms with E-state index < -0.39 is 36.4 Å². The number of alkyl halides is 1. The average Bonchev–Trinajstić information content (AvgIpc) is 2.57. The highest BCUT2D eigenvalue weighted by molar-refractivity contribution is 5.23. The van der Waals surface area contributed by atoms with Crippen LogP contribution in [0.2, 0.25) is 0 Å². The maximum atomic E-state index is 13.9. The third-order valence-corrected chi connectivity index (χ3v) is 2.83. The number of nitrogens with two attached hydrogens (primary N) is 1. The van der Waals surface area contributed by atoms with Crippen molar-refractivity contribution in [1.82, 2.24) is 9.55 Å². The molecule has 5 atom stereocenters. The highest BCUT2D eigenvalue weighted by Crippen LogP contribution is 2.32. The molecule has 8 heteroatoms. The Morgan fingerprint density at radius 3 is 2.83 bits per heavy atom. The van der Waals surface area contributed by atoms with Gasteiger partial charge < -0.3 is 20.7 Å². The Labute approximate surface area is 102 Å². The predicted molar refractivity (Wildman–Crippen MR) is 59.4 cm³/mol. The minimum Gasteiger partial charge on any atom is -0.391 e. The van der Waals surface area contributed by atoms with Crippen molar-refractivity contribution in [3.8, 4) is 0 Å². The first-order valence-corrected chi connectivity index (χ1v) is 5.42. The summed E-state index contributed by atoms with van der Waals surface area (Å²) in [4.78, 5) is 15.0. The number of aliphatic hydroxyl groups excluding tert-OH is 2. The summed E-state index contributed by atoms with van der Waals surface area (Å²) >= 11 is 0. The summed E-state index contributed by atoms with van der Waals surface area (Å²) in [5.41, 5.74) is 4.54. The fraction of sp³-hybridized carbons (Fsp3) is 0.600. The van der Waals surface area contributed by atoms with Crippen LogP contribution < -0.4 is 11.4 Å². The third-order valence-electron chi connectivity index (χ3n) is 2.83. The van der Waals surface area contributed by atoms with Gasteiger partial charge in [-0.25, -0.2) is 9.18 Å². The van der Waals surface area contributed by atoms with E-state index in [2.05, 4.69) is 4.98 Å². The fourth-order valence-electron chi connectivity index (χ4n) is 1.90. The van der Waals surface area contributed by atoms with Crippen LogP contribution in [0.1, 0.15) is 13.2 Å². The molecule has 0 aliphatic carbocycles. The first-order chi connectivity index (χ1) is 8.41. The van der Waals surface area contributed by atoms with Crippen LogP contribution in [-0.2, 0) is 4.74 Å². The van der Waals surface area contributed by atoms with Gasteiger partial charge in [-0.15, -0.1) is 0 Å². The molecule has 18 heavy (non-hydrogen) atoms. The Hall–Kier alpha value is -1.51. The number of aromatic nitrogens is 2. The first-order valence-electron chi connectivity index (χ1n) is 5.42. The van der Waals surface area contributed by atoms with Crippen molar-refractivity contribution >= 4 is 5.82 Å². The molecule has 2 rings (SSSR count). The highest BCUT2D eigenvalue weighted by atomic mass is 19.1. The zero-order valence-corrected chi connectivity index (χ0v) is 9.60. The van der Waals surface area contributed by atoms with Crippen molar-refractivity contribution in [1.29, 1.82) is 0 Å². The van der Waals surface area contributed by atoms with Crippen LogP contribution >= 0.6 is 0 Å². The van der Waals surface area contributed by atoms with Crippen molar-refractivity contribution in [3.63, 3.8) is 0 Å². The van der Waals surface area contributed by atoms with Crippen molar-refractivity contribution < 1.29 is 19.3 Å². The molecule has 4 N–H and O–H groups in total. The number of rotatable bonds is 2. The summed E-state index contributed by atoms with van der Waals surface area (Å²) in [5, 5.41) is 18.9. The van der Waals surface area contributed by atoms with E-state index in [9.17, 15) is 19.4 Å². The number of anilines is 1. The van der Waals surface area contributed by atoms with Gasteiger partial charge >= 0.3 is 5.69 Å². The smallest absolute Gasteiger partial charge is 0.351 e. The second-order valence-electron chi connectivity index (χ2n) is 4.21. The van der Waals surface area contributed by atoms with Crippen molar-refractivity contribution in [2.75, 3.05) is 5.73 Å². The summed E-state index contributed by atoms with van der Waals surface area (Å²) in [6, 6.07) is 1.32. The Morgan fingerprint density at radius 1 is 1.67 bits per heavy atom. The van der Waals surface area contributed by atoms with Gasteiger partial charge in [0, 0.05) is 6.20 Å². The second-order valence-corrected chi connectivity index (χ2v) is 4.21. The van der Waals surface area contributed by atoms with Crippen LogP contribution in [0.15, 0.2) is 17.1 Å². The molecule has 1 aliphatic rings. The monoisotopic (exact) mass is 259 g/mol. The fourth-order valence-corrected chi connectivity index (χ4v) is 1.90. The molecule has 0 amide bonds. The molecule has 1 aromatic heterocycles. The molecule has 2 heterocycles. The lowest BCUT2D eigenvalue weighted by Gasteiger charge is -2.17. The Balaban J connectivity index is 2.32. The molecule has 7 nitrogen and oxygen atoms in total. The quantitative estimate of drug-likeness (QED) is 0.615. The lowest BCUT2D eigenvalue weighted by atomic mass is 10.1. The van der Waals surface area contributed by atoms with E-state index in [0.29, 0.717) is 0 Å². The highest BCUT2D eigenvalue weighted by Gasteiger charge is 2.47. The van der Waals surface area contributed by atoms with Gasteiger partial charge in [-0.05, 0) is 13.0 Å². The molecule has 1 aromatic rings.